The van der Waals surface area contributed by atoms with Gasteiger partial charge in [0.15, 0.2) is 0 Å². The van der Waals surface area contributed by atoms with Crippen LogP contribution < -0.4 is 16.6 Å². The number of ether oxygens (including phenoxy) is 1. The predicted molar refractivity (Wildman–Crippen MR) is 165 cm³/mol. The lowest BCUT2D eigenvalue weighted by Crippen LogP contribution is -2.40. The minimum Gasteiger partial charge on any atom is -0.461 e. The number of nitrogens with one attached hydrogen (secondary N) is 1. The Morgan fingerprint density at radius 2 is 1.74 bits per heavy atom. The first-order chi connectivity index (χ1) is 20.3. The van der Waals surface area contributed by atoms with E-state index in [0.29, 0.717) is 35.4 Å². The molecule has 0 saturated heterocycles. The van der Waals surface area contributed by atoms with Gasteiger partial charge in [0.1, 0.15) is 23.8 Å². The topological polar surface area (TPSA) is 86.3 Å². The molecular formula is C35H36FN3O3. The Morgan fingerprint density at radius 3 is 2.43 bits per heavy atom. The predicted octanol–water partition coefficient (Wildman–Crippen LogP) is 6.12. The summed E-state index contributed by atoms with van der Waals surface area (Å²) in [4.78, 5) is 26.0. The van der Waals surface area contributed by atoms with Crippen LogP contribution >= 0.6 is 0 Å². The highest BCUT2D eigenvalue weighted by atomic mass is 19.1. The first-order valence-electron chi connectivity index (χ1n) is 14.3. The van der Waals surface area contributed by atoms with Crippen LogP contribution in [0.15, 0.2) is 96.3 Å². The van der Waals surface area contributed by atoms with Gasteiger partial charge in [-0.2, -0.15) is 0 Å². The van der Waals surface area contributed by atoms with Crippen molar-refractivity contribution in [1.82, 2.24) is 9.88 Å². The number of nitrogens with zero attached hydrogens (tertiary/aromatic N) is 1. The lowest BCUT2D eigenvalue weighted by molar-refractivity contribution is -0.151. The summed E-state index contributed by atoms with van der Waals surface area (Å²) < 4.78 is 21.1. The maximum absolute atomic E-state index is 13.8. The fraction of sp³-hybridized carbons (Fsp3) is 0.257. The van der Waals surface area contributed by atoms with Crippen molar-refractivity contribution >= 4 is 17.4 Å². The molecule has 7 heteroatoms. The monoisotopic (exact) mass is 565 g/mol. The van der Waals surface area contributed by atoms with E-state index in [1.54, 1.807) is 25.1 Å². The molecule has 1 fully saturated rings. The average Bonchev–Trinajstić information content (AvgIpc) is 3.50. The Hall–Kier alpha value is -4.49. The fourth-order valence-electron chi connectivity index (χ4n) is 5.41. The SMILES string of the molecule is C=C(c1ccc(F)c(C)c1)c1ccc(=O)n(-c2ccc(CN[C@@H](Cc3ccccc3)C(=O)OC3CCCC3)cc2)c1N. The molecule has 1 saturated carbocycles. The molecule has 0 unspecified atom stereocenters. The van der Waals surface area contributed by atoms with E-state index >= 15 is 0 Å². The molecule has 0 radical (unpaired) electrons. The molecule has 0 amide bonds. The zero-order chi connectivity index (χ0) is 29.6. The van der Waals surface area contributed by atoms with E-state index in [-0.39, 0.29) is 29.3 Å². The Labute approximate surface area is 245 Å². The van der Waals surface area contributed by atoms with Gasteiger partial charge in [0.2, 0.25) is 0 Å². The van der Waals surface area contributed by atoms with Crippen LogP contribution in [0.2, 0.25) is 0 Å². The molecule has 0 spiro atoms. The first-order valence-corrected chi connectivity index (χ1v) is 14.3. The number of anilines is 1. The van der Waals surface area contributed by atoms with Crippen LogP contribution in [0.5, 0.6) is 0 Å². The Balaban J connectivity index is 1.32. The van der Waals surface area contributed by atoms with E-state index in [9.17, 15) is 14.0 Å². The number of halogens is 1. The minimum atomic E-state index is -0.483. The molecule has 1 heterocycles. The second kappa shape index (κ2) is 13.0. The smallest absolute Gasteiger partial charge is 0.323 e. The van der Waals surface area contributed by atoms with Gasteiger partial charge in [0.25, 0.3) is 5.56 Å². The van der Waals surface area contributed by atoms with Crippen molar-refractivity contribution in [2.45, 2.75) is 57.7 Å². The summed E-state index contributed by atoms with van der Waals surface area (Å²) in [7, 11) is 0. The maximum atomic E-state index is 13.8. The average molecular weight is 566 g/mol. The van der Waals surface area contributed by atoms with Gasteiger partial charge in [-0.25, -0.2) is 4.39 Å². The highest BCUT2D eigenvalue weighted by molar-refractivity contribution is 5.83. The minimum absolute atomic E-state index is 0.000414. The largest absolute Gasteiger partial charge is 0.461 e. The normalized spacial score (nSPS) is 14.0. The van der Waals surface area contributed by atoms with Gasteiger partial charge in [-0.1, -0.05) is 55.1 Å². The van der Waals surface area contributed by atoms with E-state index in [4.69, 9.17) is 10.5 Å². The molecule has 1 aromatic heterocycles. The summed E-state index contributed by atoms with van der Waals surface area (Å²) in [6, 6.07) is 24.7. The molecule has 3 N–H and O–H groups in total. The molecule has 0 bridgehead atoms. The fourth-order valence-corrected chi connectivity index (χ4v) is 5.41. The van der Waals surface area contributed by atoms with Crippen LogP contribution in [0.25, 0.3) is 11.3 Å². The van der Waals surface area contributed by atoms with E-state index in [1.807, 2.05) is 54.6 Å². The van der Waals surface area contributed by atoms with Crippen LogP contribution in [-0.4, -0.2) is 22.7 Å². The number of benzene rings is 3. The van der Waals surface area contributed by atoms with E-state index in [1.165, 1.54) is 16.7 Å². The number of hydrogen-bond acceptors (Lipinski definition) is 5. The van der Waals surface area contributed by atoms with Crippen molar-refractivity contribution in [3.63, 3.8) is 0 Å². The lowest BCUT2D eigenvalue weighted by atomic mass is 9.98. The highest BCUT2D eigenvalue weighted by Gasteiger charge is 2.25. The number of carbonyl (C=O) groups is 1. The number of aryl methyl sites for hydroxylation is 1. The molecule has 1 atom stereocenters. The van der Waals surface area contributed by atoms with Crippen molar-refractivity contribution in [2.24, 2.45) is 0 Å². The summed E-state index contributed by atoms with van der Waals surface area (Å²) in [5, 5.41) is 3.38. The van der Waals surface area contributed by atoms with Crippen molar-refractivity contribution in [3.05, 3.63) is 135 Å². The van der Waals surface area contributed by atoms with E-state index < -0.39 is 6.04 Å². The van der Waals surface area contributed by atoms with Gasteiger partial charge in [-0.05, 0) is 97.2 Å². The molecule has 4 aromatic rings. The molecule has 3 aromatic carbocycles. The standard InChI is InChI=1S/C35H36FN3O3/c1-23-20-27(14-18-31(23)36)24(2)30-17-19-33(40)39(34(30)37)28-15-12-26(13-16-28)22-38-32(21-25-8-4-3-5-9-25)35(41)42-29-10-6-7-11-29/h3-5,8-9,12-20,29,32,38H,2,6-7,10-11,21-22,37H2,1H3/t32-/m0/s1. The van der Waals surface area contributed by atoms with Crippen molar-refractivity contribution in [3.8, 4) is 5.69 Å². The number of rotatable bonds is 10. The molecule has 6 nitrogen and oxygen atoms in total. The molecule has 1 aliphatic rings. The lowest BCUT2D eigenvalue weighted by Gasteiger charge is -2.21. The van der Waals surface area contributed by atoms with Crippen LogP contribution in [0, 0.1) is 12.7 Å². The number of nitrogens with two attached hydrogens (primary N) is 1. The maximum Gasteiger partial charge on any atom is 0.323 e. The Morgan fingerprint density at radius 1 is 1.02 bits per heavy atom. The third-order valence-electron chi connectivity index (χ3n) is 7.86. The zero-order valence-corrected chi connectivity index (χ0v) is 23.8. The van der Waals surface area contributed by atoms with Crippen LogP contribution in [0.3, 0.4) is 0 Å². The van der Waals surface area contributed by atoms with E-state index in [2.05, 4.69) is 11.9 Å². The van der Waals surface area contributed by atoms with Gasteiger partial charge in [-0.3, -0.25) is 14.2 Å². The van der Waals surface area contributed by atoms with Crippen molar-refractivity contribution < 1.29 is 13.9 Å². The number of pyridine rings is 1. The second-order valence-electron chi connectivity index (χ2n) is 10.9. The van der Waals surface area contributed by atoms with Gasteiger partial charge < -0.3 is 15.8 Å². The molecule has 0 aliphatic heterocycles. The summed E-state index contributed by atoms with van der Waals surface area (Å²) in [6.07, 6.45) is 4.56. The summed E-state index contributed by atoms with van der Waals surface area (Å²) >= 11 is 0. The van der Waals surface area contributed by atoms with E-state index in [0.717, 1.165) is 42.4 Å². The molecule has 216 valence electrons. The Bertz CT molecular complexity index is 1620. The van der Waals surface area contributed by atoms with Crippen molar-refractivity contribution in [1.29, 1.82) is 0 Å². The van der Waals surface area contributed by atoms with Crippen molar-refractivity contribution in [2.75, 3.05) is 5.73 Å². The number of nitrogen functional groups attached to an aromatic ring is 1. The summed E-state index contributed by atoms with van der Waals surface area (Å²) in [5.41, 5.74) is 11.2. The quantitative estimate of drug-likeness (QED) is 0.227. The van der Waals surface area contributed by atoms with Gasteiger partial charge in [-0.15, -0.1) is 0 Å². The van der Waals surface area contributed by atoms with Gasteiger partial charge in [0, 0.05) is 18.2 Å². The van der Waals surface area contributed by atoms with Crippen LogP contribution in [-0.2, 0) is 22.5 Å². The molecular weight excluding hydrogens is 529 g/mol. The van der Waals surface area contributed by atoms with Crippen LogP contribution in [0.1, 0.15) is 53.5 Å². The van der Waals surface area contributed by atoms with Gasteiger partial charge >= 0.3 is 5.97 Å². The number of esters is 1. The Kier molecular flexibility index (Phi) is 8.98. The highest BCUT2D eigenvalue weighted by Crippen LogP contribution is 2.28. The molecule has 5 rings (SSSR count). The van der Waals surface area contributed by atoms with Crippen LogP contribution in [0.4, 0.5) is 10.2 Å². The third kappa shape index (κ3) is 6.69. The summed E-state index contributed by atoms with van der Waals surface area (Å²) in [5.74, 6) is -0.274. The number of aromatic nitrogens is 1. The molecule has 42 heavy (non-hydrogen) atoms. The first kappa shape index (κ1) is 29.0. The second-order valence-corrected chi connectivity index (χ2v) is 10.9. The molecule has 1 aliphatic carbocycles. The van der Waals surface area contributed by atoms with Gasteiger partial charge in [0.05, 0.1) is 5.69 Å². The third-order valence-corrected chi connectivity index (χ3v) is 7.86. The number of hydrogen-bond donors (Lipinski definition) is 2. The zero-order valence-electron chi connectivity index (χ0n) is 23.8. The summed E-state index contributed by atoms with van der Waals surface area (Å²) in [6.45, 7) is 6.30. The number of carbonyl (C=O) groups excluding carboxylic acids is 1.